The van der Waals surface area contributed by atoms with E-state index in [9.17, 15) is 14.7 Å². The van der Waals surface area contributed by atoms with Gasteiger partial charge in [0.1, 0.15) is 6.04 Å². The van der Waals surface area contributed by atoms with Crippen LogP contribution in [-0.4, -0.2) is 53.7 Å². The Labute approximate surface area is 176 Å². The van der Waals surface area contributed by atoms with Crippen molar-refractivity contribution >= 4 is 26.8 Å². The summed E-state index contributed by atoms with van der Waals surface area (Å²) in [5, 5.41) is 15.9. The third-order valence-electron chi connectivity index (χ3n) is 6.04. The van der Waals surface area contributed by atoms with Crippen molar-refractivity contribution in [2.24, 2.45) is 5.92 Å². The predicted molar refractivity (Wildman–Crippen MR) is 119 cm³/mol. The molecule has 1 saturated heterocycles. The maximum absolute atomic E-state index is 12.8. The van der Waals surface area contributed by atoms with Crippen LogP contribution in [-0.2, 0) is 22.6 Å². The van der Waals surface area contributed by atoms with E-state index in [0.717, 1.165) is 42.8 Å². The number of anilines is 1. The fraction of sp³-hybridized carbons (Fsp3) is 0.636. The molecule has 3 rings (SSSR count). The van der Waals surface area contributed by atoms with E-state index in [0.29, 0.717) is 13.1 Å². The molecule has 0 saturated carbocycles. The number of amides is 1. The second kappa shape index (κ2) is 10.9. The number of nitrogens with one attached hydrogen (secondary N) is 2. The van der Waals surface area contributed by atoms with Crippen molar-refractivity contribution < 1.29 is 14.7 Å². The molecular weight excluding hydrogens is 385 g/mol. The highest BCUT2D eigenvalue weighted by atomic mass is 31.0. The van der Waals surface area contributed by atoms with Crippen LogP contribution in [0.3, 0.4) is 0 Å². The van der Waals surface area contributed by atoms with Crippen molar-refractivity contribution in [1.82, 2.24) is 10.2 Å². The fourth-order valence-electron chi connectivity index (χ4n) is 4.40. The smallest absolute Gasteiger partial charge is 0.305 e. The van der Waals surface area contributed by atoms with E-state index >= 15 is 0 Å². The number of carboxylic acids is 1. The van der Waals surface area contributed by atoms with E-state index in [1.807, 2.05) is 0 Å². The second-order valence-corrected chi connectivity index (χ2v) is 8.85. The number of hydrogen-bond acceptors (Lipinski definition) is 4. The van der Waals surface area contributed by atoms with Gasteiger partial charge in [0.15, 0.2) is 0 Å². The Morgan fingerprint density at radius 2 is 2.03 bits per heavy atom. The van der Waals surface area contributed by atoms with Crippen molar-refractivity contribution in [3.05, 3.63) is 29.3 Å². The molecule has 3 N–H and O–H groups in total. The number of nitrogens with zero attached hydrogens (tertiary/aromatic N) is 1. The van der Waals surface area contributed by atoms with E-state index in [-0.39, 0.29) is 12.3 Å². The summed E-state index contributed by atoms with van der Waals surface area (Å²) in [6, 6.07) is 5.66. The maximum Gasteiger partial charge on any atom is 0.305 e. The number of piperidine rings is 1. The summed E-state index contributed by atoms with van der Waals surface area (Å²) in [5.74, 6) is -0.218. The van der Waals surface area contributed by atoms with Gasteiger partial charge in [0, 0.05) is 18.8 Å². The van der Waals surface area contributed by atoms with Gasteiger partial charge in [0.05, 0.1) is 6.42 Å². The van der Waals surface area contributed by atoms with Crippen LogP contribution < -0.4 is 10.6 Å². The first-order valence-electron chi connectivity index (χ1n) is 10.9. The van der Waals surface area contributed by atoms with E-state index < -0.39 is 12.0 Å². The lowest BCUT2D eigenvalue weighted by atomic mass is 9.91. The van der Waals surface area contributed by atoms with Gasteiger partial charge < -0.3 is 20.6 Å². The molecule has 1 aromatic rings. The number of hydrogen-bond donors (Lipinski definition) is 3. The van der Waals surface area contributed by atoms with Crippen molar-refractivity contribution in [3.8, 4) is 0 Å². The minimum Gasteiger partial charge on any atom is -0.481 e. The SMILES string of the molecule is O=C(O)CC1Nc2cc(CCCCC3CCNCC3)ccc2CN(CCP)C1=O. The minimum atomic E-state index is -0.959. The summed E-state index contributed by atoms with van der Waals surface area (Å²) in [5.41, 5.74) is 3.22. The van der Waals surface area contributed by atoms with Gasteiger partial charge in [-0.3, -0.25) is 9.59 Å². The molecule has 0 aliphatic carbocycles. The van der Waals surface area contributed by atoms with Crippen LogP contribution in [0.5, 0.6) is 0 Å². The highest BCUT2D eigenvalue weighted by Gasteiger charge is 2.30. The molecule has 6 nitrogen and oxygen atoms in total. The maximum atomic E-state index is 12.8. The summed E-state index contributed by atoms with van der Waals surface area (Å²) in [6.45, 7) is 3.46. The predicted octanol–water partition coefficient (Wildman–Crippen LogP) is 2.87. The molecule has 0 bridgehead atoms. The zero-order valence-corrected chi connectivity index (χ0v) is 18.3. The van der Waals surface area contributed by atoms with Crippen LogP contribution in [0.1, 0.15) is 49.7 Å². The van der Waals surface area contributed by atoms with Crippen LogP contribution >= 0.6 is 9.24 Å². The van der Waals surface area contributed by atoms with Crippen LogP contribution in [0, 0.1) is 5.92 Å². The number of rotatable bonds is 9. The molecule has 0 aromatic heterocycles. The first kappa shape index (κ1) is 22.0. The normalized spacial score (nSPS) is 20.1. The van der Waals surface area contributed by atoms with Gasteiger partial charge in [0.2, 0.25) is 5.91 Å². The highest BCUT2D eigenvalue weighted by molar-refractivity contribution is 7.16. The van der Waals surface area contributed by atoms with Crippen molar-refractivity contribution in [3.63, 3.8) is 0 Å². The molecule has 2 unspecified atom stereocenters. The average molecular weight is 420 g/mol. The van der Waals surface area contributed by atoms with Crippen LogP contribution in [0.25, 0.3) is 0 Å². The lowest BCUT2D eigenvalue weighted by Gasteiger charge is -2.23. The number of fused-ring (bicyclic) bond motifs is 1. The number of unbranched alkanes of at least 4 members (excludes halogenated alkanes) is 1. The van der Waals surface area contributed by atoms with Crippen LogP contribution in [0.15, 0.2) is 18.2 Å². The number of aliphatic carboxylic acids is 1. The first-order valence-corrected chi connectivity index (χ1v) is 11.7. The Balaban J connectivity index is 1.62. The number of aryl methyl sites for hydroxylation is 1. The van der Waals surface area contributed by atoms with Crippen molar-refractivity contribution in [2.75, 3.05) is 31.1 Å². The Morgan fingerprint density at radius 1 is 1.24 bits per heavy atom. The largest absolute Gasteiger partial charge is 0.481 e. The number of carbonyl (C=O) groups excluding carboxylic acids is 1. The third kappa shape index (κ3) is 6.42. The van der Waals surface area contributed by atoms with Gasteiger partial charge in [-0.1, -0.05) is 25.0 Å². The van der Waals surface area contributed by atoms with E-state index in [2.05, 4.69) is 38.1 Å². The van der Waals surface area contributed by atoms with E-state index in [1.54, 1.807) is 4.90 Å². The molecule has 2 atom stereocenters. The molecule has 0 radical (unpaired) electrons. The van der Waals surface area contributed by atoms with Crippen LogP contribution in [0.4, 0.5) is 5.69 Å². The molecule has 2 aliphatic rings. The van der Waals surface area contributed by atoms with Gasteiger partial charge in [-0.25, -0.2) is 0 Å². The lowest BCUT2D eigenvalue weighted by molar-refractivity contribution is -0.141. The number of carbonyl (C=O) groups is 2. The molecule has 1 fully saturated rings. The Bertz CT molecular complexity index is 707. The minimum absolute atomic E-state index is 0.130. The first-order chi connectivity index (χ1) is 14.1. The Hall–Kier alpha value is -1.65. The molecule has 1 aromatic carbocycles. The fourth-order valence-corrected chi connectivity index (χ4v) is 4.71. The van der Waals surface area contributed by atoms with E-state index in [4.69, 9.17) is 0 Å². The molecule has 0 spiro atoms. The lowest BCUT2D eigenvalue weighted by Crippen LogP contribution is -2.42. The van der Waals surface area contributed by atoms with Gasteiger partial charge in [-0.2, -0.15) is 0 Å². The zero-order chi connectivity index (χ0) is 20.6. The quantitative estimate of drug-likeness (QED) is 0.424. The Morgan fingerprint density at radius 3 is 2.76 bits per heavy atom. The molecule has 160 valence electrons. The Kier molecular flexibility index (Phi) is 8.31. The molecular formula is C22H34N3O3P. The summed E-state index contributed by atoms with van der Waals surface area (Å²) < 4.78 is 0. The summed E-state index contributed by atoms with van der Waals surface area (Å²) in [6.07, 6.45) is 7.92. The van der Waals surface area contributed by atoms with Gasteiger partial charge in [0.25, 0.3) is 0 Å². The monoisotopic (exact) mass is 419 g/mol. The standard InChI is InChI=1S/C22H34N3O3P/c26-21(27)14-20-22(28)25(11-12-29)15-18-6-5-17(13-19(18)24-20)4-2-1-3-16-7-9-23-10-8-16/h5-6,13,16,20,23-24H,1-4,7-12,14-15,29H2,(H,26,27). The van der Waals surface area contributed by atoms with Gasteiger partial charge in [-0.05, 0) is 68.0 Å². The molecule has 2 heterocycles. The summed E-state index contributed by atoms with van der Waals surface area (Å²) in [4.78, 5) is 25.8. The van der Waals surface area contributed by atoms with Crippen molar-refractivity contribution in [1.29, 1.82) is 0 Å². The zero-order valence-electron chi connectivity index (χ0n) is 17.2. The third-order valence-corrected chi connectivity index (χ3v) is 6.30. The molecule has 7 heteroatoms. The van der Waals surface area contributed by atoms with E-state index in [1.165, 1.54) is 37.7 Å². The summed E-state index contributed by atoms with van der Waals surface area (Å²) >= 11 is 0. The molecule has 29 heavy (non-hydrogen) atoms. The number of carboxylic acid groups (broad SMARTS) is 1. The highest BCUT2D eigenvalue weighted by Crippen LogP contribution is 2.27. The van der Waals surface area contributed by atoms with Crippen LogP contribution in [0.2, 0.25) is 0 Å². The average Bonchev–Trinajstić information content (AvgIpc) is 2.83. The van der Waals surface area contributed by atoms with Crippen molar-refractivity contribution in [2.45, 2.75) is 57.5 Å². The van der Waals surface area contributed by atoms with Gasteiger partial charge in [-0.15, -0.1) is 9.24 Å². The molecule has 1 amide bonds. The number of benzene rings is 1. The van der Waals surface area contributed by atoms with Gasteiger partial charge >= 0.3 is 5.97 Å². The molecule has 2 aliphatic heterocycles. The summed E-state index contributed by atoms with van der Waals surface area (Å²) in [7, 11) is 2.64. The second-order valence-electron chi connectivity index (χ2n) is 8.27. The topological polar surface area (TPSA) is 81.7 Å².